The summed E-state index contributed by atoms with van der Waals surface area (Å²) in [4.78, 5) is 12.1. The molecule has 0 aliphatic carbocycles. The highest BCUT2D eigenvalue weighted by Crippen LogP contribution is 2.28. The lowest BCUT2D eigenvalue weighted by Crippen LogP contribution is -2.20. The summed E-state index contributed by atoms with van der Waals surface area (Å²) >= 11 is 0. The van der Waals surface area contributed by atoms with Gasteiger partial charge in [-0.05, 0) is 41.7 Å². The summed E-state index contributed by atoms with van der Waals surface area (Å²) in [6.45, 7) is 7.52. The van der Waals surface area contributed by atoms with Crippen molar-refractivity contribution in [2.75, 3.05) is 32.2 Å². The summed E-state index contributed by atoms with van der Waals surface area (Å²) < 4.78 is 16.1. The highest BCUT2D eigenvalue weighted by atomic mass is 16.5. The predicted molar refractivity (Wildman–Crippen MR) is 108 cm³/mol. The summed E-state index contributed by atoms with van der Waals surface area (Å²) in [5.74, 6) is 1.14. The average Bonchev–Trinajstić information content (AvgIpc) is 2.67. The fourth-order valence-electron chi connectivity index (χ4n) is 2.46. The maximum atomic E-state index is 12.1. The highest BCUT2D eigenvalue weighted by molar-refractivity contribution is 5.92. The van der Waals surface area contributed by atoms with Crippen LogP contribution in [0.15, 0.2) is 48.5 Å². The van der Waals surface area contributed by atoms with Gasteiger partial charge < -0.3 is 19.5 Å². The van der Waals surface area contributed by atoms with Crippen LogP contribution in [0.1, 0.15) is 32.8 Å². The number of ether oxygens (including phenoxy) is 3. The largest absolute Gasteiger partial charge is 0.491 e. The van der Waals surface area contributed by atoms with Gasteiger partial charge in [-0.3, -0.25) is 4.79 Å². The van der Waals surface area contributed by atoms with Gasteiger partial charge in [-0.15, -0.1) is 0 Å². The van der Waals surface area contributed by atoms with Crippen molar-refractivity contribution in [1.29, 1.82) is 0 Å². The first-order chi connectivity index (χ1) is 12.9. The van der Waals surface area contributed by atoms with Crippen molar-refractivity contribution in [2.45, 2.75) is 32.6 Å². The van der Waals surface area contributed by atoms with Gasteiger partial charge in [-0.25, -0.2) is 0 Å². The van der Waals surface area contributed by atoms with Gasteiger partial charge in [0, 0.05) is 18.9 Å². The number of nitrogens with one attached hydrogen (secondary N) is 1. The topological polar surface area (TPSA) is 56.8 Å². The molecule has 0 radical (unpaired) electrons. The van der Waals surface area contributed by atoms with E-state index in [-0.39, 0.29) is 17.9 Å². The first-order valence-electron chi connectivity index (χ1n) is 9.19. The van der Waals surface area contributed by atoms with Crippen molar-refractivity contribution < 1.29 is 19.0 Å². The third-order valence-electron chi connectivity index (χ3n) is 4.56. The molecule has 5 heteroatoms. The van der Waals surface area contributed by atoms with Crippen LogP contribution in [0.4, 0.5) is 5.69 Å². The zero-order chi connectivity index (χ0) is 19.7. The molecule has 2 aromatic carbocycles. The number of hydrogen-bond donors (Lipinski definition) is 1. The normalized spacial score (nSPS) is 11.1. The highest BCUT2D eigenvalue weighted by Gasteiger charge is 2.17. The molecule has 0 atom stereocenters. The number of benzene rings is 2. The first-order valence-corrected chi connectivity index (χ1v) is 9.19. The molecule has 0 fully saturated rings. The molecule has 0 aromatic heterocycles. The van der Waals surface area contributed by atoms with Gasteiger partial charge in [-0.1, -0.05) is 39.0 Å². The van der Waals surface area contributed by atoms with Crippen LogP contribution in [0.3, 0.4) is 0 Å². The molecule has 0 aliphatic rings. The number of anilines is 1. The molecule has 27 heavy (non-hydrogen) atoms. The Labute approximate surface area is 161 Å². The number of carbonyl (C=O) groups excluding carboxylic acids is 1. The van der Waals surface area contributed by atoms with E-state index in [1.54, 1.807) is 13.2 Å². The Morgan fingerprint density at radius 2 is 1.74 bits per heavy atom. The molecule has 0 heterocycles. The smallest absolute Gasteiger partial charge is 0.262 e. The molecular formula is C22H29NO4. The van der Waals surface area contributed by atoms with Gasteiger partial charge in [0.15, 0.2) is 6.61 Å². The third-order valence-corrected chi connectivity index (χ3v) is 4.56. The minimum Gasteiger partial charge on any atom is -0.491 e. The van der Waals surface area contributed by atoms with Crippen LogP contribution in [0.25, 0.3) is 0 Å². The molecule has 0 saturated heterocycles. The van der Waals surface area contributed by atoms with Crippen LogP contribution in [0, 0.1) is 0 Å². The fraction of sp³-hybridized carbons (Fsp3) is 0.409. The maximum absolute atomic E-state index is 12.1. The zero-order valence-corrected chi connectivity index (χ0v) is 16.6. The molecule has 0 unspecified atom stereocenters. The van der Waals surface area contributed by atoms with Crippen LogP contribution >= 0.6 is 0 Å². The van der Waals surface area contributed by atoms with Gasteiger partial charge in [0.1, 0.15) is 18.1 Å². The quantitative estimate of drug-likeness (QED) is 0.628. The molecule has 5 nitrogen and oxygen atoms in total. The Kier molecular flexibility index (Phi) is 7.67. The predicted octanol–water partition coefficient (Wildman–Crippen LogP) is 4.42. The van der Waals surface area contributed by atoms with E-state index >= 15 is 0 Å². The lowest BCUT2D eigenvalue weighted by Gasteiger charge is -2.23. The van der Waals surface area contributed by atoms with Crippen molar-refractivity contribution in [3.8, 4) is 11.5 Å². The van der Waals surface area contributed by atoms with E-state index in [9.17, 15) is 4.79 Å². The standard InChI is InChI=1S/C22H29NO4/c1-5-22(2,3)17-9-11-19(12-10-17)27-16-21(24)23-18-7-6-8-20(15-18)26-14-13-25-4/h6-12,15H,5,13-14,16H2,1-4H3,(H,23,24). The average molecular weight is 371 g/mol. The Morgan fingerprint density at radius 1 is 1.00 bits per heavy atom. The summed E-state index contributed by atoms with van der Waals surface area (Å²) in [5, 5.41) is 2.81. The minimum absolute atomic E-state index is 0.0503. The van der Waals surface area contributed by atoms with Gasteiger partial charge in [0.05, 0.1) is 6.61 Å². The second kappa shape index (κ2) is 9.97. The Balaban J connectivity index is 1.85. The van der Waals surface area contributed by atoms with Crippen LogP contribution < -0.4 is 14.8 Å². The molecule has 0 saturated carbocycles. The Morgan fingerprint density at radius 3 is 2.41 bits per heavy atom. The van der Waals surface area contributed by atoms with Crippen LogP contribution in [0.5, 0.6) is 11.5 Å². The molecule has 0 bridgehead atoms. The zero-order valence-electron chi connectivity index (χ0n) is 16.6. The van der Waals surface area contributed by atoms with Crippen molar-refractivity contribution in [3.63, 3.8) is 0 Å². The molecule has 2 rings (SSSR count). The number of hydrogen-bond acceptors (Lipinski definition) is 4. The van der Waals surface area contributed by atoms with Crippen molar-refractivity contribution in [2.24, 2.45) is 0 Å². The molecular weight excluding hydrogens is 342 g/mol. The van der Waals surface area contributed by atoms with Crippen LogP contribution in [-0.2, 0) is 14.9 Å². The van der Waals surface area contributed by atoms with Gasteiger partial charge in [-0.2, -0.15) is 0 Å². The van der Waals surface area contributed by atoms with E-state index in [0.717, 1.165) is 6.42 Å². The lowest BCUT2D eigenvalue weighted by atomic mass is 9.82. The van der Waals surface area contributed by atoms with E-state index in [0.29, 0.717) is 30.4 Å². The van der Waals surface area contributed by atoms with E-state index in [1.165, 1.54) is 5.56 Å². The summed E-state index contributed by atoms with van der Waals surface area (Å²) in [6, 6.07) is 15.2. The number of carbonyl (C=O) groups is 1. The van der Waals surface area contributed by atoms with Gasteiger partial charge in [0.25, 0.3) is 5.91 Å². The fourth-order valence-corrected chi connectivity index (χ4v) is 2.46. The Hall–Kier alpha value is -2.53. The molecule has 146 valence electrons. The number of methoxy groups -OCH3 is 1. The van der Waals surface area contributed by atoms with E-state index in [2.05, 4.69) is 38.2 Å². The minimum atomic E-state index is -0.220. The van der Waals surface area contributed by atoms with E-state index in [4.69, 9.17) is 14.2 Å². The van der Waals surface area contributed by atoms with Gasteiger partial charge in [0.2, 0.25) is 0 Å². The van der Waals surface area contributed by atoms with Crippen LogP contribution in [0.2, 0.25) is 0 Å². The monoisotopic (exact) mass is 371 g/mol. The van der Waals surface area contributed by atoms with E-state index in [1.807, 2.05) is 30.3 Å². The summed E-state index contributed by atoms with van der Waals surface area (Å²) in [5.41, 5.74) is 2.05. The summed E-state index contributed by atoms with van der Waals surface area (Å²) in [7, 11) is 1.62. The third kappa shape index (κ3) is 6.61. The maximum Gasteiger partial charge on any atom is 0.262 e. The van der Waals surface area contributed by atoms with Crippen molar-refractivity contribution in [1.82, 2.24) is 0 Å². The SMILES string of the molecule is CCC(C)(C)c1ccc(OCC(=O)Nc2cccc(OCCOC)c2)cc1. The second-order valence-corrected chi connectivity index (χ2v) is 6.97. The van der Waals surface area contributed by atoms with Crippen LogP contribution in [-0.4, -0.2) is 32.8 Å². The molecule has 1 amide bonds. The lowest BCUT2D eigenvalue weighted by molar-refractivity contribution is -0.118. The van der Waals surface area contributed by atoms with Gasteiger partial charge >= 0.3 is 0 Å². The molecule has 1 N–H and O–H groups in total. The van der Waals surface area contributed by atoms with E-state index < -0.39 is 0 Å². The molecule has 0 spiro atoms. The second-order valence-electron chi connectivity index (χ2n) is 6.97. The van der Waals surface area contributed by atoms with Crippen molar-refractivity contribution >= 4 is 11.6 Å². The molecule has 0 aliphatic heterocycles. The molecule has 2 aromatic rings. The summed E-state index contributed by atoms with van der Waals surface area (Å²) in [6.07, 6.45) is 1.06. The Bertz CT molecular complexity index is 725. The number of amides is 1. The first kappa shape index (κ1) is 20.8. The van der Waals surface area contributed by atoms with Crippen molar-refractivity contribution in [3.05, 3.63) is 54.1 Å². The number of rotatable bonds is 10.